The molecule has 18 heavy (non-hydrogen) atoms. The first-order chi connectivity index (χ1) is 8.67. The summed E-state index contributed by atoms with van der Waals surface area (Å²) in [5, 5.41) is 2.10. The fraction of sp³-hybridized carbons (Fsp3) is 0.286. The third-order valence-corrected chi connectivity index (χ3v) is 4.72. The van der Waals surface area contributed by atoms with Gasteiger partial charge in [0.1, 0.15) is 5.75 Å². The summed E-state index contributed by atoms with van der Waals surface area (Å²) in [4.78, 5) is 1.24. The molecule has 1 aromatic heterocycles. The molecule has 2 N–H and O–H groups in total. The third-order valence-electron chi connectivity index (χ3n) is 2.99. The lowest BCUT2D eigenvalue weighted by Crippen LogP contribution is -2.12. The van der Waals surface area contributed by atoms with E-state index < -0.39 is 0 Å². The minimum Gasteiger partial charge on any atom is -0.497 e. The number of rotatable bonds is 4. The molecule has 2 nitrogen and oxygen atoms in total. The lowest BCUT2D eigenvalue weighted by molar-refractivity contribution is 0.414. The Morgan fingerprint density at radius 3 is 2.78 bits per heavy atom. The molecule has 0 radical (unpaired) electrons. The fourth-order valence-electron chi connectivity index (χ4n) is 1.94. The molecule has 0 spiro atoms. The molecule has 0 fully saturated rings. The summed E-state index contributed by atoms with van der Waals surface area (Å²) in [6, 6.07) is 7.98. The van der Waals surface area contributed by atoms with Crippen LogP contribution in [-0.4, -0.2) is 7.11 Å². The monoisotopic (exact) mass is 325 g/mol. The summed E-state index contributed by atoms with van der Waals surface area (Å²) < 4.78 is 6.19. The van der Waals surface area contributed by atoms with Gasteiger partial charge >= 0.3 is 0 Å². The highest BCUT2D eigenvalue weighted by Gasteiger charge is 2.16. The normalized spacial score (nSPS) is 12.4. The molecule has 2 rings (SSSR count). The highest BCUT2D eigenvalue weighted by Crippen LogP contribution is 2.33. The number of ether oxygens (including phenoxy) is 1. The maximum atomic E-state index is 6.37. The van der Waals surface area contributed by atoms with E-state index in [0.717, 1.165) is 22.2 Å². The second-order valence-corrected chi connectivity index (χ2v) is 5.83. The van der Waals surface area contributed by atoms with Crippen molar-refractivity contribution in [1.29, 1.82) is 0 Å². The first-order valence-corrected chi connectivity index (χ1v) is 7.50. The Morgan fingerprint density at radius 2 is 2.17 bits per heavy atom. The Labute approximate surface area is 120 Å². The second kappa shape index (κ2) is 5.87. The van der Waals surface area contributed by atoms with Gasteiger partial charge in [-0.15, -0.1) is 11.3 Å². The summed E-state index contributed by atoms with van der Waals surface area (Å²) in [6.45, 7) is 2.15. The van der Waals surface area contributed by atoms with Gasteiger partial charge in [0.2, 0.25) is 0 Å². The summed E-state index contributed by atoms with van der Waals surface area (Å²) in [5.74, 6) is 0.833. The molecular formula is C14H16BrNOS. The van der Waals surface area contributed by atoms with E-state index in [-0.39, 0.29) is 6.04 Å². The fourth-order valence-corrected chi connectivity index (χ4v) is 3.56. The van der Waals surface area contributed by atoms with Crippen LogP contribution in [0, 0.1) is 0 Å². The van der Waals surface area contributed by atoms with Crippen molar-refractivity contribution in [2.24, 2.45) is 5.73 Å². The number of methoxy groups -OCH3 is 1. The van der Waals surface area contributed by atoms with Gasteiger partial charge in [-0.2, -0.15) is 0 Å². The molecule has 0 aliphatic rings. The van der Waals surface area contributed by atoms with E-state index in [2.05, 4.69) is 34.3 Å². The number of halogens is 1. The van der Waals surface area contributed by atoms with Gasteiger partial charge in [-0.3, -0.25) is 0 Å². The van der Waals surface area contributed by atoms with Crippen LogP contribution in [-0.2, 0) is 6.42 Å². The number of thiophene rings is 1. The van der Waals surface area contributed by atoms with Crippen molar-refractivity contribution < 1.29 is 4.74 Å². The van der Waals surface area contributed by atoms with Crippen molar-refractivity contribution in [2.45, 2.75) is 19.4 Å². The zero-order chi connectivity index (χ0) is 13.1. The van der Waals surface area contributed by atoms with E-state index in [4.69, 9.17) is 10.5 Å². The van der Waals surface area contributed by atoms with Crippen LogP contribution in [0.4, 0.5) is 0 Å². The van der Waals surface area contributed by atoms with Crippen LogP contribution in [0.1, 0.15) is 29.0 Å². The molecule has 96 valence electrons. The van der Waals surface area contributed by atoms with Gasteiger partial charge in [-0.25, -0.2) is 0 Å². The molecule has 0 saturated carbocycles. The quantitative estimate of drug-likeness (QED) is 0.917. The van der Waals surface area contributed by atoms with Gasteiger partial charge in [-0.05, 0) is 41.1 Å². The maximum absolute atomic E-state index is 6.37. The first kappa shape index (κ1) is 13.6. The predicted octanol–water partition coefficient (Wildman–Crippen LogP) is 4.13. The van der Waals surface area contributed by atoms with E-state index in [1.807, 2.05) is 18.2 Å². The maximum Gasteiger partial charge on any atom is 0.120 e. The SMILES string of the molecule is CCc1ccsc1C(N)c1ccc(OC)cc1Br. The van der Waals surface area contributed by atoms with Gasteiger partial charge in [0, 0.05) is 9.35 Å². The smallest absolute Gasteiger partial charge is 0.120 e. The predicted molar refractivity (Wildman–Crippen MR) is 80.4 cm³/mol. The summed E-state index contributed by atoms with van der Waals surface area (Å²) in [5.41, 5.74) is 8.79. The standard InChI is InChI=1S/C14H16BrNOS/c1-3-9-6-7-18-14(9)13(16)11-5-4-10(17-2)8-12(11)15/h4-8,13H,3,16H2,1-2H3. The topological polar surface area (TPSA) is 35.2 Å². The molecule has 2 aromatic rings. The summed E-state index contributed by atoms with van der Waals surface area (Å²) in [6.07, 6.45) is 1.01. The first-order valence-electron chi connectivity index (χ1n) is 5.82. The van der Waals surface area contributed by atoms with Gasteiger partial charge in [-0.1, -0.05) is 28.9 Å². The van der Waals surface area contributed by atoms with Gasteiger partial charge in [0.05, 0.1) is 13.2 Å². The number of benzene rings is 1. The van der Waals surface area contributed by atoms with Crippen molar-refractivity contribution in [2.75, 3.05) is 7.11 Å². The van der Waals surface area contributed by atoms with Gasteiger partial charge < -0.3 is 10.5 Å². The zero-order valence-corrected chi connectivity index (χ0v) is 12.8. The van der Waals surface area contributed by atoms with Gasteiger partial charge in [0.25, 0.3) is 0 Å². The number of hydrogen-bond donors (Lipinski definition) is 1. The van der Waals surface area contributed by atoms with E-state index >= 15 is 0 Å². The Hall–Kier alpha value is -0.840. The second-order valence-electron chi connectivity index (χ2n) is 4.03. The average molecular weight is 326 g/mol. The van der Waals surface area contributed by atoms with E-state index in [9.17, 15) is 0 Å². The lowest BCUT2D eigenvalue weighted by atomic mass is 10.0. The molecule has 1 heterocycles. The molecule has 0 aliphatic carbocycles. The highest BCUT2D eigenvalue weighted by molar-refractivity contribution is 9.10. The van der Waals surface area contributed by atoms with E-state index in [0.29, 0.717) is 0 Å². The molecule has 4 heteroatoms. The lowest BCUT2D eigenvalue weighted by Gasteiger charge is -2.15. The Morgan fingerprint density at radius 1 is 1.39 bits per heavy atom. The van der Waals surface area contributed by atoms with Crippen molar-refractivity contribution >= 4 is 27.3 Å². The molecule has 1 aromatic carbocycles. The Bertz CT molecular complexity index is 538. The van der Waals surface area contributed by atoms with Crippen LogP contribution in [0.15, 0.2) is 34.1 Å². The minimum absolute atomic E-state index is 0.0831. The number of aryl methyl sites for hydroxylation is 1. The largest absolute Gasteiger partial charge is 0.497 e. The summed E-state index contributed by atoms with van der Waals surface area (Å²) >= 11 is 5.28. The van der Waals surface area contributed by atoms with Crippen LogP contribution in [0.5, 0.6) is 5.75 Å². The Kier molecular flexibility index (Phi) is 4.43. The van der Waals surface area contributed by atoms with Crippen molar-refractivity contribution in [3.05, 3.63) is 50.1 Å². The number of nitrogens with two attached hydrogens (primary N) is 1. The summed E-state index contributed by atoms with van der Waals surface area (Å²) in [7, 11) is 1.66. The zero-order valence-electron chi connectivity index (χ0n) is 10.4. The highest BCUT2D eigenvalue weighted by atomic mass is 79.9. The molecule has 0 saturated heterocycles. The van der Waals surface area contributed by atoms with Crippen molar-refractivity contribution in [3.8, 4) is 5.75 Å². The molecular weight excluding hydrogens is 310 g/mol. The molecule has 1 atom stereocenters. The molecule has 0 aliphatic heterocycles. The van der Waals surface area contributed by atoms with Gasteiger partial charge in [0.15, 0.2) is 0 Å². The Balaban J connectivity index is 2.37. The molecule has 1 unspecified atom stereocenters. The average Bonchev–Trinajstić information content (AvgIpc) is 2.86. The van der Waals surface area contributed by atoms with Crippen LogP contribution in [0.25, 0.3) is 0 Å². The van der Waals surface area contributed by atoms with Crippen molar-refractivity contribution in [1.82, 2.24) is 0 Å². The van der Waals surface area contributed by atoms with Crippen LogP contribution < -0.4 is 10.5 Å². The minimum atomic E-state index is -0.0831. The van der Waals surface area contributed by atoms with Crippen LogP contribution in [0.2, 0.25) is 0 Å². The van der Waals surface area contributed by atoms with Crippen molar-refractivity contribution in [3.63, 3.8) is 0 Å². The van der Waals surface area contributed by atoms with E-state index in [1.165, 1.54) is 10.4 Å². The van der Waals surface area contributed by atoms with E-state index in [1.54, 1.807) is 18.4 Å². The molecule has 0 amide bonds. The number of hydrogen-bond acceptors (Lipinski definition) is 3. The van der Waals surface area contributed by atoms with Crippen LogP contribution >= 0.6 is 27.3 Å². The molecule has 0 bridgehead atoms. The third kappa shape index (κ3) is 2.60. The van der Waals surface area contributed by atoms with Crippen LogP contribution in [0.3, 0.4) is 0 Å².